The average Bonchev–Trinajstić information content (AvgIpc) is 2.86. The fourth-order valence-electron chi connectivity index (χ4n) is 4.52. The van der Waals surface area contributed by atoms with Crippen LogP contribution in [0.4, 0.5) is 10.6 Å². The number of carbonyl (C=O) groups is 1. The van der Waals surface area contributed by atoms with Gasteiger partial charge in [0, 0.05) is 30.7 Å². The van der Waals surface area contributed by atoms with E-state index in [2.05, 4.69) is 28.9 Å². The average molecular weight is 439 g/mol. The van der Waals surface area contributed by atoms with Crippen molar-refractivity contribution in [1.29, 1.82) is 0 Å². The van der Waals surface area contributed by atoms with Crippen molar-refractivity contribution in [2.24, 2.45) is 0 Å². The first-order valence-corrected chi connectivity index (χ1v) is 11.5. The standard InChI is InChI=1S/C22H35ClN4O3/c1-6-7-9-16-13-17(12-15(2)27(16)21(28)30-22(3,4)5)26-10-8-11-29-18-14-19(23)24-25-20(18)26/h14-17H,6-13H2,1-5H3/t15-,16+,17-/m1/s1. The summed E-state index contributed by atoms with van der Waals surface area (Å²) < 4.78 is 11.6. The molecule has 168 valence electrons. The third-order valence-corrected chi connectivity index (χ3v) is 5.93. The molecule has 1 saturated heterocycles. The predicted molar refractivity (Wildman–Crippen MR) is 118 cm³/mol. The van der Waals surface area contributed by atoms with Crippen molar-refractivity contribution in [1.82, 2.24) is 15.1 Å². The SMILES string of the molecule is CCCC[C@H]1C[C@H](N2CCCOc3cc(Cl)nnc32)C[C@@H](C)N1C(=O)OC(C)(C)C. The van der Waals surface area contributed by atoms with E-state index in [1.165, 1.54) is 0 Å². The molecular formula is C22H35ClN4O3. The van der Waals surface area contributed by atoms with E-state index in [1.54, 1.807) is 6.07 Å². The molecule has 0 N–H and O–H groups in total. The second-order valence-corrected chi connectivity index (χ2v) is 9.80. The molecule has 7 nitrogen and oxygen atoms in total. The number of unbranched alkanes of at least 4 members (excludes halogenated alkanes) is 1. The molecule has 2 aliphatic heterocycles. The summed E-state index contributed by atoms with van der Waals surface area (Å²) in [5.74, 6) is 1.45. The summed E-state index contributed by atoms with van der Waals surface area (Å²) in [6, 6.07) is 2.22. The number of likely N-dealkylation sites (tertiary alicyclic amines) is 1. The number of carbonyl (C=O) groups excluding carboxylic acids is 1. The Morgan fingerprint density at radius 2 is 2.10 bits per heavy atom. The van der Waals surface area contributed by atoms with E-state index in [-0.39, 0.29) is 24.2 Å². The van der Waals surface area contributed by atoms with Gasteiger partial charge in [-0.25, -0.2) is 4.79 Å². The molecule has 3 rings (SSSR count). The van der Waals surface area contributed by atoms with E-state index < -0.39 is 5.60 Å². The minimum atomic E-state index is -0.501. The first-order valence-electron chi connectivity index (χ1n) is 11.1. The van der Waals surface area contributed by atoms with Crippen molar-refractivity contribution < 1.29 is 14.3 Å². The lowest BCUT2D eigenvalue weighted by molar-refractivity contribution is -0.00702. The minimum Gasteiger partial charge on any atom is -0.489 e. The zero-order valence-corrected chi connectivity index (χ0v) is 19.6. The quantitative estimate of drug-likeness (QED) is 0.654. The molecule has 3 heterocycles. The van der Waals surface area contributed by atoms with Crippen LogP contribution in [0.25, 0.3) is 0 Å². The monoisotopic (exact) mass is 438 g/mol. The molecule has 1 aromatic heterocycles. The van der Waals surface area contributed by atoms with Gasteiger partial charge in [-0.05, 0) is 53.4 Å². The molecular weight excluding hydrogens is 404 g/mol. The van der Waals surface area contributed by atoms with Crippen molar-refractivity contribution >= 4 is 23.5 Å². The van der Waals surface area contributed by atoms with Gasteiger partial charge in [-0.1, -0.05) is 31.4 Å². The molecule has 0 radical (unpaired) electrons. The van der Waals surface area contributed by atoms with Crippen molar-refractivity contribution in [2.75, 3.05) is 18.1 Å². The van der Waals surface area contributed by atoms with Gasteiger partial charge in [-0.15, -0.1) is 10.2 Å². The lowest BCUT2D eigenvalue weighted by atomic mass is 9.88. The Morgan fingerprint density at radius 3 is 2.80 bits per heavy atom. The second kappa shape index (κ2) is 9.58. The number of hydrogen-bond donors (Lipinski definition) is 0. The lowest BCUT2D eigenvalue weighted by Gasteiger charge is -2.47. The molecule has 0 spiro atoms. The molecule has 0 aromatic carbocycles. The zero-order valence-electron chi connectivity index (χ0n) is 18.9. The zero-order chi connectivity index (χ0) is 21.9. The van der Waals surface area contributed by atoms with Crippen LogP contribution < -0.4 is 9.64 Å². The number of halogens is 1. The molecule has 0 bridgehead atoms. The van der Waals surface area contributed by atoms with Crippen molar-refractivity contribution in [3.8, 4) is 5.75 Å². The van der Waals surface area contributed by atoms with Crippen LogP contribution >= 0.6 is 11.6 Å². The van der Waals surface area contributed by atoms with Gasteiger partial charge in [0.05, 0.1) is 6.61 Å². The number of nitrogens with zero attached hydrogens (tertiary/aromatic N) is 4. The van der Waals surface area contributed by atoms with Crippen LogP contribution in [-0.2, 0) is 4.74 Å². The van der Waals surface area contributed by atoms with Crippen molar-refractivity contribution in [2.45, 2.75) is 96.9 Å². The number of piperidine rings is 1. The van der Waals surface area contributed by atoms with E-state index in [0.717, 1.165) is 50.9 Å². The normalized spacial score (nSPS) is 24.7. The molecule has 2 aliphatic rings. The highest BCUT2D eigenvalue weighted by atomic mass is 35.5. The van der Waals surface area contributed by atoms with Crippen LogP contribution in [0.15, 0.2) is 6.07 Å². The Hall–Kier alpha value is -1.76. The molecule has 30 heavy (non-hydrogen) atoms. The van der Waals surface area contributed by atoms with E-state index in [9.17, 15) is 4.79 Å². The Kier molecular flexibility index (Phi) is 7.32. The van der Waals surface area contributed by atoms with Crippen molar-refractivity contribution in [3.05, 3.63) is 11.2 Å². The van der Waals surface area contributed by atoms with Gasteiger partial charge in [-0.2, -0.15) is 0 Å². The third kappa shape index (κ3) is 5.48. The van der Waals surface area contributed by atoms with Crippen LogP contribution in [0.3, 0.4) is 0 Å². The maximum atomic E-state index is 13.0. The predicted octanol–water partition coefficient (Wildman–Crippen LogP) is 5.07. The number of fused-ring (bicyclic) bond motifs is 1. The van der Waals surface area contributed by atoms with Crippen LogP contribution in [0.1, 0.15) is 73.1 Å². The van der Waals surface area contributed by atoms with E-state index >= 15 is 0 Å². The van der Waals surface area contributed by atoms with E-state index in [0.29, 0.717) is 17.5 Å². The minimum absolute atomic E-state index is 0.0772. The number of rotatable bonds is 4. The number of aromatic nitrogens is 2. The largest absolute Gasteiger partial charge is 0.489 e. The molecule has 1 amide bonds. The molecule has 0 aliphatic carbocycles. The third-order valence-electron chi connectivity index (χ3n) is 5.75. The van der Waals surface area contributed by atoms with Gasteiger partial charge in [-0.3, -0.25) is 0 Å². The summed E-state index contributed by atoms with van der Waals surface area (Å²) in [5.41, 5.74) is -0.501. The maximum absolute atomic E-state index is 13.0. The first kappa shape index (κ1) is 22.9. The fourth-order valence-corrected chi connectivity index (χ4v) is 4.65. The fraction of sp³-hybridized carbons (Fsp3) is 0.773. The van der Waals surface area contributed by atoms with Gasteiger partial charge in [0.2, 0.25) is 0 Å². The van der Waals surface area contributed by atoms with E-state index in [1.807, 2.05) is 25.7 Å². The van der Waals surface area contributed by atoms with Gasteiger partial charge >= 0.3 is 6.09 Å². The highest BCUT2D eigenvalue weighted by molar-refractivity contribution is 6.29. The van der Waals surface area contributed by atoms with Crippen molar-refractivity contribution in [3.63, 3.8) is 0 Å². The topological polar surface area (TPSA) is 67.8 Å². The van der Waals surface area contributed by atoms with Crippen LogP contribution in [-0.4, -0.2) is 58.1 Å². The summed E-state index contributed by atoms with van der Waals surface area (Å²) in [7, 11) is 0. The molecule has 8 heteroatoms. The number of ether oxygens (including phenoxy) is 2. The Morgan fingerprint density at radius 1 is 1.33 bits per heavy atom. The van der Waals surface area contributed by atoms with Crippen LogP contribution in [0.5, 0.6) is 5.75 Å². The Bertz CT molecular complexity index is 740. The Labute approximate surface area is 185 Å². The van der Waals surface area contributed by atoms with Gasteiger partial charge < -0.3 is 19.3 Å². The highest BCUT2D eigenvalue weighted by Crippen LogP contribution is 2.37. The smallest absolute Gasteiger partial charge is 0.410 e. The van der Waals surface area contributed by atoms with Crippen LogP contribution in [0, 0.1) is 0 Å². The van der Waals surface area contributed by atoms with Gasteiger partial charge in [0.1, 0.15) is 5.60 Å². The van der Waals surface area contributed by atoms with Crippen LogP contribution in [0.2, 0.25) is 5.15 Å². The number of amides is 1. The molecule has 0 saturated carbocycles. The highest BCUT2D eigenvalue weighted by Gasteiger charge is 2.41. The number of hydrogen-bond acceptors (Lipinski definition) is 6. The second-order valence-electron chi connectivity index (χ2n) is 9.41. The molecule has 1 fully saturated rings. The first-order chi connectivity index (χ1) is 14.2. The lowest BCUT2D eigenvalue weighted by Crippen LogP contribution is -2.57. The summed E-state index contributed by atoms with van der Waals surface area (Å²) in [5, 5.41) is 8.76. The van der Waals surface area contributed by atoms with Gasteiger partial charge in [0.25, 0.3) is 0 Å². The summed E-state index contributed by atoms with van der Waals surface area (Å²) in [6.45, 7) is 11.6. The summed E-state index contributed by atoms with van der Waals surface area (Å²) >= 11 is 6.04. The maximum Gasteiger partial charge on any atom is 0.410 e. The number of anilines is 1. The molecule has 1 aromatic rings. The van der Waals surface area contributed by atoms with Gasteiger partial charge in [0.15, 0.2) is 16.7 Å². The Balaban J connectivity index is 1.84. The van der Waals surface area contributed by atoms with E-state index in [4.69, 9.17) is 21.1 Å². The summed E-state index contributed by atoms with van der Waals surface area (Å²) in [4.78, 5) is 17.3. The molecule has 3 atom stereocenters. The summed E-state index contributed by atoms with van der Waals surface area (Å²) in [6.07, 6.45) is 5.59. The molecule has 0 unspecified atom stereocenters.